The van der Waals surface area contributed by atoms with Crippen LogP contribution in [-0.4, -0.2) is 15.5 Å². The van der Waals surface area contributed by atoms with Gasteiger partial charge in [-0.15, -0.1) is 0 Å². The van der Waals surface area contributed by atoms with Crippen molar-refractivity contribution in [2.24, 2.45) is 0 Å². The average Bonchev–Trinajstić information content (AvgIpc) is 2.73. The Bertz CT molecular complexity index is 1210. The molecule has 5 heteroatoms. The lowest BCUT2D eigenvalue weighted by Gasteiger charge is -2.13. The highest BCUT2D eigenvalue weighted by molar-refractivity contribution is 6.04. The lowest BCUT2D eigenvalue weighted by atomic mass is 10.1. The highest BCUT2D eigenvalue weighted by Gasteiger charge is 2.17. The number of carbonyl (C=O) groups excluding carboxylic acids is 1. The van der Waals surface area contributed by atoms with Crippen molar-refractivity contribution in [3.63, 3.8) is 0 Å². The minimum absolute atomic E-state index is 0.138. The van der Waals surface area contributed by atoms with Gasteiger partial charge < -0.3 is 4.74 Å². The van der Waals surface area contributed by atoms with Gasteiger partial charge in [0.25, 0.3) is 5.56 Å². The van der Waals surface area contributed by atoms with E-state index < -0.39 is 5.97 Å². The number of esters is 1. The zero-order valence-corrected chi connectivity index (χ0v) is 15.3. The molecule has 0 aliphatic carbocycles. The summed E-state index contributed by atoms with van der Waals surface area (Å²) in [7, 11) is 0. The van der Waals surface area contributed by atoms with Gasteiger partial charge in [-0.2, -0.15) is 0 Å². The molecule has 28 heavy (non-hydrogen) atoms. The van der Waals surface area contributed by atoms with Crippen LogP contribution in [0.4, 0.5) is 0 Å². The third kappa shape index (κ3) is 3.42. The summed E-state index contributed by atoms with van der Waals surface area (Å²) >= 11 is 0. The largest absolute Gasteiger partial charge is 0.457 e. The van der Waals surface area contributed by atoms with E-state index in [9.17, 15) is 9.59 Å². The first-order chi connectivity index (χ1) is 13.6. The summed E-state index contributed by atoms with van der Waals surface area (Å²) in [6.45, 7) is 2.10. The molecule has 0 fully saturated rings. The number of carbonyl (C=O) groups is 1. The van der Waals surface area contributed by atoms with Crippen LogP contribution in [0, 0.1) is 6.92 Å². The third-order valence-corrected chi connectivity index (χ3v) is 4.54. The van der Waals surface area contributed by atoms with Crippen molar-refractivity contribution in [3.8, 4) is 5.69 Å². The molecule has 2 heterocycles. The van der Waals surface area contributed by atoms with E-state index in [-0.39, 0.29) is 12.2 Å². The standard InChI is InChI=1S/C23H18N2O3/c1-16-5-4-6-18(13-16)25-14-21(19-7-2-3-8-20(19)22(25)26)23(27)28-15-17-9-11-24-12-10-17/h2-14H,15H2,1H3. The van der Waals surface area contributed by atoms with Gasteiger partial charge in [-0.05, 0) is 48.4 Å². The SMILES string of the molecule is Cc1cccc(-n2cc(C(=O)OCc3ccncc3)c3ccccc3c2=O)c1. The van der Waals surface area contributed by atoms with Gasteiger partial charge in [0.1, 0.15) is 6.61 Å². The molecule has 4 rings (SSSR count). The Balaban J connectivity index is 1.80. The van der Waals surface area contributed by atoms with Crippen LogP contribution in [0.15, 0.2) is 84.0 Å². The summed E-state index contributed by atoms with van der Waals surface area (Å²) in [5, 5.41) is 1.05. The Hall–Kier alpha value is -3.73. The molecular weight excluding hydrogens is 352 g/mol. The number of nitrogens with zero attached hydrogens (tertiary/aromatic N) is 2. The Morgan fingerprint density at radius 1 is 1.00 bits per heavy atom. The lowest BCUT2D eigenvalue weighted by molar-refractivity contribution is 0.0474. The zero-order valence-electron chi connectivity index (χ0n) is 15.3. The number of benzene rings is 2. The Kier molecular flexibility index (Phi) is 4.72. The molecule has 0 amide bonds. The van der Waals surface area contributed by atoms with Gasteiger partial charge in [-0.1, -0.05) is 30.3 Å². The van der Waals surface area contributed by atoms with Crippen LogP contribution in [0.3, 0.4) is 0 Å². The van der Waals surface area contributed by atoms with Crippen LogP contribution in [0.2, 0.25) is 0 Å². The van der Waals surface area contributed by atoms with Crippen LogP contribution in [0.5, 0.6) is 0 Å². The van der Waals surface area contributed by atoms with Gasteiger partial charge in [0, 0.05) is 35.1 Å². The van der Waals surface area contributed by atoms with Crippen molar-refractivity contribution in [1.29, 1.82) is 0 Å². The number of pyridine rings is 2. The molecule has 0 N–H and O–H groups in total. The predicted octanol–water partition coefficient (Wildman–Crippen LogP) is 4.05. The summed E-state index contributed by atoms with van der Waals surface area (Å²) in [6.07, 6.45) is 4.86. The molecule has 4 aromatic rings. The van der Waals surface area contributed by atoms with Crippen LogP contribution in [-0.2, 0) is 11.3 Å². The van der Waals surface area contributed by atoms with Crippen molar-refractivity contribution < 1.29 is 9.53 Å². The molecule has 0 saturated carbocycles. The maximum absolute atomic E-state index is 13.0. The van der Waals surface area contributed by atoms with Gasteiger partial charge in [-0.3, -0.25) is 14.3 Å². The minimum atomic E-state index is -0.477. The number of rotatable bonds is 4. The highest BCUT2D eigenvalue weighted by atomic mass is 16.5. The van der Waals surface area contributed by atoms with E-state index >= 15 is 0 Å². The normalized spacial score (nSPS) is 10.8. The van der Waals surface area contributed by atoms with E-state index in [0.29, 0.717) is 22.0 Å². The van der Waals surface area contributed by atoms with Crippen LogP contribution >= 0.6 is 0 Å². The second-order valence-electron chi connectivity index (χ2n) is 6.53. The molecule has 0 spiro atoms. The van der Waals surface area contributed by atoms with Crippen molar-refractivity contribution in [2.75, 3.05) is 0 Å². The first-order valence-electron chi connectivity index (χ1n) is 8.91. The molecule has 2 aromatic heterocycles. The van der Waals surface area contributed by atoms with Gasteiger partial charge in [0.15, 0.2) is 0 Å². The average molecular weight is 370 g/mol. The first-order valence-corrected chi connectivity index (χ1v) is 8.91. The molecule has 0 unspecified atom stereocenters. The smallest absolute Gasteiger partial charge is 0.340 e. The number of aryl methyl sites for hydroxylation is 1. The Morgan fingerprint density at radius 3 is 2.50 bits per heavy atom. The van der Waals surface area contributed by atoms with E-state index in [2.05, 4.69) is 4.98 Å². The predicted molar refractivity (Wildman–Crippen MR) is 108 cm³/mol. The van der Waals surface area contributed by atoms with Crippen molar-refractivity contribution >= 4 is 16.7 Å². The van der Waals surface area contributed by atoms with E-state index in [1.165, 1.54) is 4.57 Å². The number of ether oxygens (including phenoxy) is 1. The summed E-state index contributed by atoms with van der Waals surface area (Å²) in [4.78, 5) is 29.8. The number of hydrogen-bond acceptors (Lipinski definition) is 4. The van der Waals surface area contributed by atoms with Gasteiger partial charge >= 0.3 is 5.97 Å². The monoisotopic (exact) mass is 370 g/mol. The molecule has 0 bridgehead atoms. The number of fused-ring (bicyclic) bond motifs is 1. The molecule has 5 nitrogen and oxygen atoms in total. The second kappa shape index (κ2) is 7.48. The Labute approximate surface area is 161 Å². The van der Waals surface area contributed by atoms with E-state index in [1.807, 2.05) is 31.2 Å². The number of hydrogen-bond donors (Lipinski definition) is 0. The lowest BCUT2D eigenvalue weighted by Crippen LogP contribution is -2.21. The van der Waals surface area contributed by atoms with Gasteiger partial charge in [0.2, 0.25) is 0 Å². The maximum Gasteiger partial charge on any atom is 0.340 e. The summed E-state index contributed by atoms with van der Waals surface area (Å²) in [5.41, 5.74) is 2.76. The topological polar surface area (TPSA) is 61.2 Å². The van der Waals surface area contributed by atoms with Crippen LogP contribution in [0.25, 0.3) is 16.5 Å². The quantitative estimate of drug-likeness (QED) is 0.509. The van der Waals surface area contributed by atoms with Gasteiger partial charge in [0.05, 0.1) is 5.56 Å². The summed E-state index contributed by atoms with van der Waals surface area (Å²) in [5.74, 6) is -0.477. The maximum atomic E-state index is 13.0. The van der Waals surface area contributed by atoms with E-state index in [0.717, 1.165) is 11.1 Å². The minimum Gasteiger partial charge on any atom is -0.457 e. The molecule has 0 radical (unpaired) electrons. The molecule has 138 valence electrons. The third-order valence-electron chi connectivity index (χ3n) is 4.54. The molecule has 0 aliphatic heterocycles. The fourth-order valence-electron chi connectivity index (χ4n) is 3.13. The van der Waals surface area contributed by atoms with E-state index in [4.69, 9.17) is 4.74 Å². The van der Waals surface area contributed by atoms with Crippen molar-refractivity contribution in [2.45, 2.75) is 13.5 Å². The fourth-order valence-corrected chi connectivity index (χ4v) is 3.13. The zero-order chi connectivity index (χ0) is 19.5. The second-order valence-corrected chi connectivity index (χ2v) is 6.53. The van der Waals surface area contributed by atoms with Crippen LogP contribution < -0.4 is 5.56 Å². The van der Waals surface area contributed by atoms with E-state index in [1.54, 1.807) is 55.0 Å². The molecular formula is C23H18N2O3. The molecule has 0 saturated heterocycles. The highest BCUT2D eigenvalue weighted by Crippen LogP contribution is 2.19. The fraction of sp³-hybridized carbons (Fsp3) is 0.0870. The van der Waals surface area contributed by atoms with Gasteiger partial charge in [-0.25, -0.2) is 4.79 Å². The first kappa shape index (κ1) is 17.7. The molecule has 0 atom stereocenters. The summed E-state index contributed by atoms with van der Waals surface area (Å²) in [6, 6.07) is 18.3. The Morgan fingerprint density at radius 2 is 1.75 bits per heavy atom. The van der Waals surface area contributed by atoms with Crippen molar-refractivity contribution in [3.05, 3.63) is 106 Å². The summed E-state index contributed by atoms with van der Waals surface area (Å²) < 4.78 is 6.99. The van der Waals surface area contributed by atoms with Crippen LogP contribution in [0.1, 0.15) is 21.5 Å². The number of aromatic nitrogens is 2. The van der Waals surface area contributed by atoms with Crippen molar-refractivity contribution in [1.82, 2.24) is 9.55 Å². The molecule has 0 aliphatic rings. The molecule has 2 aromatic carbocycles.